The Hall–Kier alpha value is -2.11. The third kappa shape index (κ3) is 2.34. The lowest BCUT2D eigenvalue weighted by Gasteiger charge is -2.23. The van der Waals surface area contributed by atoms with Crippen molar-refractivity contribution in [3.05, 3.63) is 30.1 Å². The Balaban J connectivity index is 1.68. The molecule has 2 bridgehead atoms. The summed E-state index contributed by atoms with van der Waals surface area (Å²) in [6, 6.07) is 1.86. The van der Waals surface area contributed by atoms with E-state index >= 15 is 0 Å². The van der Waals surface area contributed by atoms with Crippen molar-refractivity contribution < 1.29 is 14.7 Å². The third-order valence-electron chi connectivity index (χ3n) is 4.59. The van der Waals surface area contributed by atoms with Gasteiger partial charge in [-0.1, -0.05) is 12.2 Å². The molecule has 1 heterocycles. The van der Waals surface area contributed by atoms with Crippen LogP contribution in [0.5, 0.6) is 0 Å². The molecule has 1 amide bonds. The van der Waals surface area contributed by atoms with Crippen molar-refractivity contribution in [1.82, 2.24) is 15.1 Å². The van der Waals surface area contributed by atoms with Crippen molar-refractivity contribution in [3.8, 4) is 0 Å². The number of hydrogen-bond acceptors (Lipinski definition) is 3. The summed E-state index contributed by atoms with van der Waals surface area (Å²) in [5.41, 5.74) is 0.927. The highest BCUT2D eigenvalue weighted by atomic mass is 16.4. The van der Waals surface area contributed by atoms with Gasteiger partial charge in [-0.3, -0.25) is 14.3 Å². The van der Waals surface area contributed by atoms with E-state index in [1.807, 2.05) is 29.8 Å². The van der Waals surface area contributed by atoms with E-state index in [1.165, 1.54) is 0 Å². The zero-order valence-electron chi connectivity index (χ0n) is 11.9. The molecule has 1 saturated carbocycles. The van der Waals surface area contributed by atoms with E-state index in [-0.39, 0.29) is 17.7 Å². The Morgan fingerprint density at radius 2 is 2.10 bits per heavy atom. The normalized spacial score (nSPS) is 29.8. The first-order valence-corrected chi connectivity index (χ1v) is 7.31. The van der Waals surface area contributed by atoms with Gasteiger partial charge in [-0.25, -0.2) is 0 Å². The number of fused-ring (bicyclic) bond motifs is 2. The summed E-state index contributed by atoms with van der Waals surface area (Å²) in [6.45, 7) is 3.11. The van der Waals surface area contributed by atoms with E-state index in [2.05, 4.69) is 10.4 Å². The van der Waals surface area contributed by atoms with Crippen molar-refractivity contribution in [2.45, 2.75) is 26.4 Å². The van der Waals surface area contributed by atoms with Crippen LogP contribution < -0.4 is 5.32 Å². The monoisotopic (exact) mass is 289 g/mol. The highest BCUT2D eigenvalue weighted by Gasteiger charge is 2.51. The van der Waals surface area contributed by atoms with Crippen molar-refractivity contribution in [2.24, 2.45) is 23.7 Å². The molecule has 0 aromatic carbocycles. The Bertz CT molecular complexity index is 593. The molecule has 2 aliphatic carbocycles. The molecule has 21 heavy (non-hydrogen) atoms. The van der Waals surface area contributed by atoms with Crippen molar-refractivity contribution in [1.29, 1.82) is 0 Å². The topological polar surface area (TPSA) is 84.2 Å². The molecule has 0 aliphatic heterocycles. The molecule has 0 spiro atoms. The minimum absolute atomic E-state index is 0.00409. The Morgan fingerprint density at radius 1 is 1.38 bits per heavy atom. The van der Waals surface area contributed by atoms with Crippen LogP contribution in [0.25, 0.3) is 0 Å². The van der Waals surface area contributed by atoms with Gasteiger partial charge in [0.1, 0.15) is 0 Å². The van der Waals surface area contributed by atoms with E-state index < -0.39 is 17.8 Å². The van der Waals surface area contributed by atoms with Gasteiger partial charge in [-0.05, 0) is 31.2 Å². The largest absolute Gasteiger partial charge is 0.481 e. The minimum atomic E-state index is -0.870. The number of carbonyl (C=O) groups excluding carboxylic acids is 1. The van der Waals surface area contributed by atoms with Gasteiger partial charge in [0, 0.05) is 12.7 Å². The second-order valence-electron chi connectivity index (χ2n) is 5.69. The number of nitrogens with one attached hydrogen (secondary N) is 1. The third-order valence-corrected chi connectivity index (χ3v) is 4.59. The predicted molar refractivity (Wildman–Crippen MR) is 75.1 cm³/mol. The van der Waals surface area contributed by atoms with Crippen LogP contribution in [-0.4, -0.2) is 26.8 Å². The molecule has 4 atom stereocenters. The first-order valence-electron chi connectivity index (χ1n) is 7.31. The molecule has 0 saturated heterocycles. The van der Waals surface area contributed by atoms with Gasteiger partial charge in [-0.15, -0.1) is 0 Å². The second-order valence-corrected chi connectivity index (χ2v) is 5.69. The van der Waals surface area contributed by atoms with Crippen LogP contribution in [0.2, 0.25) is 0 Å². The lowest BCUT2D eigenvalue weighted by molar-refractivity contribution is -0.147. The summed E-state index contributed by atoms with van der Waals surface area (Å²) in [7, 11) is 0. The molecule has 0 radical (unpaired) electrons. The van der Waals surface area contributed by atoms with Crippen molar-refractivity contribution >= 4 is 11.9 Å². The van der Waals surface area contributed by atoms with Crippen LogP contribution >= 0.6 is 0 Å². The molecule has 112 valence electrons. The Morgan fingerprint density at radius 3 is 2.76 bits per heavy atom. The maximum absolute atomic E-state index is 12.4. The second kappa shape index (κ2) is 5.35. The number of carboxylic acid groups (broad SMARTS) is 1. The van der Waals surface area contributed by atoms with Gasteiger partial charge in [0.25, 0.3) is 0 Å². The highest BCUT2D eigenvalue weighted by Crippen LogP contribution is 2.48. The Kier molecular flexibility index (Phi) is 3.53. The summed E-state index contributed by atoms with van der Waals surface area (Å²) in [5, 5.41) is 16.4. The van der Waals surface area contributed by atoms with Crippen molar-refractivity contribution in [2.75, 3.05) is 0 Å². The molecule has 2 N–H and O–H groups in total. The minimum Gasteiger partial charge on any atom is -0.481 e. The maximum Gasteiger partial charge on any atom is 0.307 e. The number of allylic oxidation sites excluding steroid dienone is 2. The average Bonchev–Trinajstić information content (AvgIpc) is 3.18. The zero-order valence-corrected chi connectivity index (χ0v) is 11.9. The van der Waals surface area contributed by atoms with Crippen LogP contribution in [0.15, 0.2) is 24.4 Å². The summed E-state index contributed by atoms with van der Waals surface area (Å²) in [4.78, 5) is 23.8. The lowest BCUT2D eigenvalue weighted by Crippen LogP contribution is -2.40. The Labute approximate surface area is 122 Å². The molecule has 3 rings (SSSR count). The first-order chi connectivity index (χ1) is 10.1. The van der Waals surface area contributed by atoms with Gasteiger partial charge >= 0.3 is 5.97 Å². The number of rotatable bonds is 5. The van der Waals surface area contributed by atoms with Crippen LogP contribution in [-0.2, 0) is 22.7 Å². The van der Waals surface area contributed by atoms with Gasteiger partial charge < -0.3 is 10.4 Å². The van der Waals surface area contributed by atoms with E-state index in [4.69, 9.17) is 0 Å². The maximum atomic E-state index is 12.4. The molecular formula is C15H19N3O3. The summed E-state index contributed by atoms with van der Waals surface area (Å²) < 4.78 is 1.82. The van der Waals surface area contributed by atoms with E-state index in [0.29, 0.717) is 6.54 Å². The van der Waals surface area contributed by atoms with Gasteiger partial charge in [0.15, 0.2) is 0 Å². The van der Waals surface area contributed by atoms with Gasteiger partial charge in [0.05, 0.1) is 24.1 Å². The fourth-order valence-corrected chi connectivity index (χ4v) is 3.61. The SMILES string of the molecule is CCn1nccc1CNC(=O)[C@@H]1[C@H](C(=O)O)[C@H]2C=C[C@H]1C2. The standard InChI is InChI=1S/C15H19N3O3/c1-2-18-11(5-6-17-18)8-16-14(19)12-9-3-4-10(7-9)13(12)15(20)21/h3-6,9-10,12-13H,2,7-8H2,1H3,(H,16,19)(H,20,21)/t9-,10-,12-,13+/m0/s1. The fourth-order valence-electron chi connectivity index (χ4n) is 3.61. The van der Waals surface area contributed by atoms with E-state index in [0.717, 1.165) is 18.7 Å². The molecule has 6 nitrogen and oxygen atoms in total. The smallest absolute Gasteiger partial charge is 0.307 e. The number of nitrogens with zero attached hydrogens (tertiary/aromatic N) is 2. The molecule has 0 unspecified atom stereocenters. The number of hydrogen-bond donors (Lipinski definition) is 2. The number of aliphatic carboxylic acids is 1. The lowest BCUT2D eigenvalue weighted by atomic mass is 9.82. The van der Waals surface area contributed by atoms with Crippen LogP contribution in [0, 0.1) is 23.7 Å². The molecule has 1 aromatic heterocycles. The summed E-state index contributed by atoms with van der Waals surface area (Å²) in [6.07, 6.45) is 6.41. The van der Waals surface area contributed by atoms with Crippen LogP contribution in [0.3, 0.4) is 0 Å². The number of amides is 1. The van der Waals surface area contributed by atoms with Crippen LogP contribution in [0.1, 0.15) is 19.0 Å². The van der Waals surface area contributed by atoms with Gasteiger partial charge in [-0.2, -0.15) is 5.10 Å². The van der Waals surface area contributed by atoms with E-state index in [9.17, 15) is 14.7 Å². The molecule has 1 fully saturated rings. The quantitative estimate of drug-likeness (QED) is 0.793. The highest BCUT2D eigenvalue weighted by molar-refractivity contribution is 5.86. The molecular weight excluding hydrogens is 270 g/mol. The summed E-state index contributed by atoms with van der Waals surface area (Å²) in [5.74, 6) is -2.00. The number of aryl methyl sites for hydroxylation is 1. The number of carbonyl (C=O) groups is 2. The van der Waals surface area contributed by atoms with Gasteiger partial charge in [0.2, 0.25) is 5.91 Å². The molecule has 2 aliphatic rings. The fraction of sp³-hybridized carbons (Fsp3) is 0.533. The molecule has 1 aromatic rings. The van der Waals surface area contributed by atoms with Crippen LogP contribution in [0.4, 0.5) is 0 Å². The number of carboxylic acids is 1. The van der Waals surface area contributed by atoms with Crippen molar-refractivity contribution in [3.63, 3.8) is 0 Å². The average molecular weight is 289 g/mol. The summed E-state index contributed by atoms with van der Waals surface area (Å²) >= 11 is 0. The zero-order chi connectivity index (χ0) is 15.0. The van der Waals surface area contributed by atoms with E-state index in [1.54, 1.807) is 6.20 Å². The first kappa shape index (κ1) is 13.9. The molecule has 6 heteroatoms. The predicted octanol–water partition coefficient (Wildman–Crippen LogP) is 1.04. The number of aromatic nitrogens is 2.